The van der Waals surface area contributed by atoms with Crippen molar-refractivity contribution >= 4 is 81.5 Å². The van der Waals surface area contributed by atoms with Gasteiger partial charge in [0.15, 0.2) is 5.75 Å². The second kappa shape index (κ2) is 9.91. The van der Waals surface area contributed by atoms with Gasteiger partial charge in [0, 0.05) is 11.6 Å². The number of rotatable bonds is 4. The van der Waals surface area contributed by atoms with Gasteiger partial charge in [-0.3, -0.25) is 10.1 Å². The number of nitrogens with one attached hydrogen (secondary N) is 1. The number of imide groups is 1. The Labute approximate surface area is 211 Å². The van der Waals surface area contributed by atoms with Crippen LogP contribution in [0.2, 0.25) is 30.1 Å². The minimum absolute atomic E-state index is 0.00372. The van der Waals surface area contributed by atoms with Gasteiger partial charge in [-0.1, -0.05) is 75.7 Å². The number of hydrogen-bond acceptors (Lipinski definition) is 3. The van der Waals surface area contributed by atoms with Crippen LogP contribution < -0.4 is 15.8 Å². The number of amides is 3. The molecule has 3 aromatic carbocycles. The highest BCUT2D eigenvalue weighted by atomic mass is 35.5. The summed E-state index contributed by atoms with van der Waals surface area (Å²) in [4.78, 5) is 22.6. The molecule has 0 aliphatic heterocycles. The second-order valence-electron chi connectivity index (χ2n) is 6.17. The number of primary amides is 1. The Kier molecular flexibility index (Phi) is 7.65. The minimum Gasteiger partial charge on any atom is -0.453 e. The number of nitrogens with two attached hydrogens (primary N) is 1. The highest BCUT2D eigenvalue weighted by Crippen LogP contribution is 2.47. The largest absolute Gasteiger partial charge is 0.453 e. The summed E-state index contributed by atoms with van der Waals surface area (Å²) in [5, 5.41) is 2.30. The van der Waals surface area contributed by atoms with Crippen molar-refractivity contribution in [1.82, 2.24) is 5.32 Å². The fourth-order valence-corrected chi connectivity index (χ4v) is 3.98. The van der Waals surface area contributed by atoms with Crippen LogP contribution in [0.1, 0.15) is 10.4 Å². The summed E-state index contributed by atoms with van der Waals surface area (Å²) in [7, 11) is 0. The Morgan fingerprint density at radius 2 is 1.50 bits per heavy atom. The summed E-state index contributed by atoms with van der Waals surface area (Å²) in [5.74, 6) is -1.80. The van der Waals surface area contributed by atoms with Gasteiger partial charge in [0.25, 0.3) is 5.91 Å². The standard InChI is InChI=1S/C20H9Cl6FN2O3/c21-10-5-12(23)15(6-11(10)22)32-18-13(24)4-9(16(25)17(18)26)7-1-2-8(14(27)3-7)19(30)29-20(28)31/h1-6H,(H3,28,29,30,31). The third kappa shape index (κ3) is 5.17. The Morgan fingerprint density at radius 1 is 0.844 bits per heavy atom. The summed E-state index contributed by atoms with van der Waals surface area (Å²) in [6, 6.07) is 6.62. The molecule has 166 valence electrons. The lowest BCUT2D eigenvalue weighted by Crippen LogP contribution is -2.35. The van der Waals surface area contributed by atoms with Crippen LogP contribution in [0.4, 0.5) is 9.18 Å². The molecule has 0 radical (unpaired) electrons. The van der Waals surface area contributed by atoms with E-state index in [-0.39, 0.29) is 52.8 Å². The van der Waals surface area contributed by atoms with Crippen LogP contribution in [-0.4, -0.2) is 11.9 Å². The Balaban J connectivity index is 2.01. The van der Waals surface area contributed by atoms with Crippen molar-refractivity contribution in [2.75, 3.05) is 0 Å². The molecule has 0 aliphatic rings. The fourth-order valence-electron chi connectivity index (χ4n) is 2.62. The molecule has 0 saturated carbocycles. The van der Waals surface area contributed by atoms with Crippen molar-refractivity contribution < 1.29 is 18.7 Å². The van der Waals surface area contributed by atoms with Gasteiger partial charge in [-0.2, -0.15) is 0 Å². The lowest BCUT2D eigenvalue weighted by Gasteiger charge is -2.15. The van der Waals surface area contributed by atoms with E-state index in [1.807, 2.05) is 0 Å². The molecule has 0 heterocycles. The quantitative estimate of drug-likeness (QED) is 0.319. The van der Waals surface area contributed by atoms with Crippen molar-refractivity contribution in [3.63, 3.8) is 0 Å². The number of halogens is 7. The Bertz CT molecular complexity index is 1270. The Morgan fingerprint density at radius 3 is 2.12 bits per heavy atom. The maximum Gasteiger partial charge on any atom is 0.319 e. The van der Waals surface area contributed by atoms with Gasteiger partial charge in [-0.05, 0) is 29.8 Å². The molecule has 0 unspecified atom stereocenters. The molecule has 5 nitrogen and oxygen atoms in total. The fraction of sp³-hybridized carbons (Fsp3) is 0. The zero-order valence-electron chi connectivity index (χ0n) is 15.4. The zero-order chi connectivity index (χ0) is 23.7. The van der Waals surface area contributed by atoms with E-state index >= 15 is 0 Å². The van der Waals surface area contributed by atoms with Crippen molar-refractivity contribution in [3.05, 3.63) is 77.9 Å². The van der Waals surface area contributed by atoms with Crippen molar-refractivity contribution in [1.29, 1.82) is 0 Å². The van der Waals surface area contributed by atoms with E-state index in [9.17, 15) is 14.0 Å². The van der Waals surface area contributed by atoms with E-state index in [0.717, 1.165) is 12.1 Å². The molecule has 3 amide bonds. The van der Waals surface area contributed by atoms with Crippen LogP contribution in [0.25, 0.3) is 11.1 Å². The average molecular weight is 557 g/mol. The molecule has 32 heavy (non-hydrogen) atoms. The molecule has 0 fully saturated rings. The van der Waals surface area contributed by atoms with Gasteiger partial charge >= 0.3 is 6.03 Å². The molecule has 0 saturated heterocycles. The summed E-state index contributed by atoms with van der Waals surface area (Å²) >= 11 is 37.1. The third-order valence-corrected chi connectivity index (χ3v) is 6.21. The smallest absolute Gasteiger partial charge is 0.319 e. The number of carbonyl (C=O) groups is 2. The maximum atomic E-state index is 14.5. The van der Waals surface area contributed by atoms with Gasteiger partial charge < -0.3 is 10.5 Å². The Hall–Kier alpha value is -1.93. The maximum absolute atomic E-state index is 14.5. The van der Waals surface area contributed by atoms with Gasteiger partial charge in [-0.25, -0.2) is 9.18 Å². The predicted molar refractivity (Wildman–Crippen MR) is 125 cm³/mol. The van der Waals surface area contributed by atoms with Gasteiger partial charge in [-0.15, -0.1) is 0 Å². The van der Waals surface area contributed by atoms with E-state index in [2.05, 4.69) is 0 Å². The summed E-state index contributed by atoms with van der Waals surface area (Å²) in [6.45, 7) is 0. The molecule has 0 aromatic heterocycles. The lowest BCUT2D eigenvalue weighted by molar-refractivity contribution is 0.0962. The van der Waals surface area contributed by atoms with E-state index in [4.69, 9.17) is 80.1 Å². The van der Waals surface area contributed by atoms with E-state index in [0.29, 0.717) is 0 Å². The van der Waals surface area contributed by atoms with Crippen molar-refractivity contribution in [2.24, 2.45) is 5.73 Å². The molecule has 3 rings (SSSR count). The van der Waals surface area contributed by atoms with E-state index in [1.54, 1.807) is 5.32 Å². The molecular formula is C20H9Cl6FN2O3. The van der Waals surface area contributed by atoms with E-state index < -0.39 is 23.3 Å². The highest BCUT2D eigenvalue weighted by molar-refractivity contribution is 6.47. The highest BCUT2D eigenvalue weighted by Gasteiger charge is 2.21. The topological polar surface area (TPSA) is 81.4 Å². The number of ether oxygens (including phenoxy) is 1. The first kappa shape index (κ1) is 24.7. The SMILES string of the molecule is NC(=O)NC(=O)c1ccc(-c2cc(Cl)c(Oc3cc(Cl)c(Cl)cc3Cl)c(Cl)c2Cl)cc1F. The summed E-state index contributed by atoms with van der Waals surface area (Å²) in [6.07, 6.45) is 0. The first-order valence-corrected chi connectivity index (χ1v) is 10.7. The lowest BCUT2D eigenvalue weighted by atomic mass is 10.0. The van der Waals surface area contributed by atoms with Crippen LogP contribution in [0.5, 0.6) is 11.5 Å². The first-order chi connectivity index (χ1) is 15.0. The van der Waals surface area contributed by atoms with Crippen LogP contribution >= 0.6 is 69.6 Å². The molecule has 0 aliphatic carbocycles. The molecule has 0 atom stereocenters. The van der Waals surface area contributed by atoms with Crippen LogP contribution in [0, 0.1) is 5.82 Å². The number of benzene rings is 3. The molecule has 3 N–H and O–H groups in total. The van der Waals surface area contributed by atoms with Gasteiger partial charge in [0.2, 0.25) is 0 Å². The molecule has 12 heteroatoms. The van der Waals surface area contributed by atoms with Crippen LogP contribution in [0.3, 0.4) is 0 Å². The molecular weight excluding hydrogens is 548 g/mol. The minimum atomic E-state index is -1.11. The monoisotopic (exact) mass is 554 g/mol. The van der Waals surface area contributed by atoms with Crippen LogP contribution in [0.15, 0.2) is 36.4 Å². The predicted octanol–water partition coefficient (Wildman–Crippen LogP) is 8.01. The van der Waals surface area contributed by atoms with E-state index in [1.165, 1.54) is 24.3 Å². The number of hydrogen-bond donors (Lipinski definition) is 2. The molecule has 0 spiro atoms. The van der Waals surface area contributed by atoms with Crippen molar-refractivity contribution in [3.8, 4) is 22.6 Å². The zero-order valence-corrected chi connectivity index (χ0v) is 19.9. The van der Waals surface area contributed by atoms with Gasteiger partial charge in [0.05, 0.1) is 30.7 Å². The van der Waals surface area contributed by atoms with Gasteiger partial charge in [0.1, 0.15) is 16.6 Å². The summed E-state index contributed by atoms with van der Waals surface area (Å²) in [5.41, 5.74) is 5.00. The number of urea groups is 1. The van der Waals surface area contributed by atoms with Crippen molar-refractivity contribution in [2.45, 2.75) is 0 Å². The third-order valence-electron chi connectivity index (χ3n) is 4.06. The van der Waals surface area contributed by atoms with Crippen LogP contribution in [-0.2, 0) is 0 Å². The average Bonchev–Trinajstić information content (AvgIpc) is 2.70. The molecule has 3 aromatic rings. The summed E-state index contributed by atoms with van der Waals surface area (Å²) < 4.78 is 20.2. The number of carbonyl (C=O) groups excluding carboxylic acids is 2. The second-order valence-corrected chi connectivity index (χ2v) is 8.56. The first-order valence-electron chi connectivity index (χ1n) is 8.40. The normalized spacial score (nSPS) is 10.7. The molecule has 0 bridgehead atoms.